The maximum Gasteiger partial charge on any atom is 0.145 e. The van der Waals surface area contributed by atoms with E-state index in [1.165, 1.54) is 0 Å². The minimum Gasteiger partial charge on any atom is -0.509 e. The maximum absolute atomic E-state index is 9.18. The lowest BCUT2D eigenvalue weighted by Gasteiger charge is -2.01. The summed E-state index contributed by atoms with van der Waals surface area (Å²) in [4.78, 5) is 0. The van der Waals surface area contributed by atoms with E-state index in [-0.39, 0.29) is 5.60 Å². The van der Waals surface area contributed by atoms with Crippen LogP contribution < -0.4 is 0 Å². The summed E-state index contributed by atoms with van der Waals surface area (Å²) in [7, 11) is 0. The average Bonchev–Trinajstić information content (AvgIpc) is 2.50. The molecule has 1 N–H and O–H groups in total. The van der Waals surface area contributed by atoms with Gasteiger partial charge in [-0.05, 0) is 19.4 Å². The summed E-state index contributed by atoms with van der Waals surface area (Å²) < 4.78 is 4.99. The van der Waals surface area contributed by atoms with Crippen molar-refractivity contribution >= 4 is 0 Å². The second-order valence-electron chi connectivity index (χ2n) is 2.52. The van der Waals surface area contributed by atoms with Gasteiger partial charge in [-0.1, -0.05) is 6.92 Å². The van der Waals surface area contributed by atoms with Crippen LogP contribution in [0.1, 0.15) is 20.3 Å². The van der Waals surface area contributed by atoms with Crippen LogP contribution in [-0.4, -0.2) is 17.3 Å². The van der Waals surface area contributed by atoms with E-state index in [2.05, 4.69) is 0 Å². The highest BCUT2D eigenvalue weighted by Gasteiger charge is 2.43. The number of aliphatic hydroxyl groups is 1. The molecule has 1 rings (SSSR count). The Balaban J connectivity index is 2.51. The van der Waals surface area contributed by atoms with Gasteiger partial charge in [-0.15, -0.1) is 0 Å². The predicted molar refractivity (Wildman–Crippen MR) is 35.4 cm³/mol. The van der Waals surface area contributed by atoms with Crippen molar-refractivity contribution in [3.8, 4) is 0 Å². The van der Waals surface area contributed by atoms with Crippen LogP contribution >= 0.6 is 0 Å². The third-order valence-electron chi connectivity index (χ3n) is 1.52. The van der Waals surface area contributed by atoms with Gasteiger partial charge >= 0.3 is 0 Å². The van der Waals surface area contributed by atoms with E-state index in [0.29, 0.717) is 12.4 Å². The van der Waals surface area contributed by atoms with Gasteiger partial charge in [0.05, 0.1) is 6.61 Å². The number of allylic oxidation sites excluding steroid dienone is 1. The molecule has 2 nitrogen and oxygen atoms in total. The zero-order valence-corrected chi connectivity index (χ0v) is 5.85. The second-order valence-corrected chi connectivity index (χ2v) is 2.52. The fourth-order valence-electron chi connectivity index (χ4n) is 0.665. The molecule has 0 bridgehead atoms. The van der Waals surface area contributed by atoms with Gasteiger partial charge in [0.2, 0.25) is 0 Å². The Labute approximate surface area is 55.1 Å². The van der Waals surface area contributed by atoms with E-state index >= 15 is 0 Å². The van der Waals surface area contributed by atoms with Crippen molar-refractivity contribution in [3.63, 3.8) is 0 Å². The Kier molecular flexibility index (Phi) is 1.49. The third-order valence-corrected chi connectivity index (χ3v) is 1.52. The van der Waals surface area contributed by atoms with E-state index < -0.39 is 0 Å². The summed E-state index contributed by atoms with van der Waals surface area (Å²) in [5.74, 6) is 0.380. The number of epoxide rings is 1. The highest BCUT2D eigenvalue weighted by Crippen LogP contribution is 2.32. The first-order valence-electron chi connectivity index (χ1n) is 3.22. The smallest absolute Gasteiger partial charge is 0.145 e. The summed E-state index contributed by atoms with van der Waals surface area (Å²) in [6.07, 6.45) is 2.65. The van der Waals surface area contributed by atoms with Gasteiger partial charge in [0.15, 0.2) is 0 Å². The van der Waals surface area contributed by atoms with Crippen molar-refractivity contribution in [3.05, 3.63) is 11.8 Å². The molecule has 0 saturated carbocycles. The minimum atomic E-state index is -0.323. The van der Waals surface area contributed by atoms with Gasteiger partial charge in [-0.2, -0.15) is 0 Å². The van der Waals surface area contributed by atoms with Crippen molar-refractivity contribution < 1.29 is 9.84 Å². The molecule has 1 atom stereocenters. The summed E-state index contributed by atoms with van der Waals surface area (Å²) >= 11 is 0. The lowest BCUT2D eigenvalue weighted by Crippen LogP contribution is -2.07. The van der Waals surface area contributed by atoms with Gasteiger partial charge < -0.3 is 9.84 Å². The fraction of sp³-hybridized carbons (Fsp3) is 0.714. The maximum atomic E-state index is 9.18. The molecule has 1 aliphatic rings. The highest BCUT2D eigenvalue weighted by molar-refractivity contribution is 5.13. The molecule has 2 heteroatoms. The standard InChI is InChI=1S/C7H12O2/c1-3-4-6(8)7(2)5-9-7/h4,8H,3,5H2,1-2H3. The SMILES string of the molecule is CCC=C(O)C1(C)CO1. The van der Waals surface area contributed by atoms with Crippen molar-refractivity contribution in [2.75, 3.05) is 6.61 Å². The first-order chi connectivity index (χ1) is 4.19. The Hall–Kier alpha value is -0.500. The van der Waals surface area contributed by atoms with E-state index in [1.807, 2.05) is 13.8 Å². The summed E-state index contributed by atoms with van der Waals surface area (Å²) in [6.45, 7) is 4.53. The van der Waals surface area contributed by atoms with Crippen molar-refractivity contribution in [1.82, 2.24) is 0 Å². The number of ether oxygens (including phenoxy) is 1. The molecule has 0 aromatic heterocycles. The highest BCUT2D eigenvalue weighted by atomic mass is 16.6. The Bertz CT molecular complexity index is 134. The molecule has 52 valence electrons. The van der Waals surface area contributed by atoms with E-state index in [9.17, 15) is 5.11 Å². The van der Waals surface area contributed by atoms with Crippen LogP contribution in [0.25, 0.3) is 0 Å². The van der Waals surface area contributed by atoms with Gasteiger partial charge in [0.25, 0.3) is 0 Å². The molecule has 0 aliphatic carbocycles. The van der Waals surface area contributed by atoms with Crippen LogP contribution in [0, 0.1) is 0 Å². The van der Waals surface area contributed by atoms with Crippen molar-refractivity contribution in [1.29, 1.82) is 0 Å². The Morgan fingerprint density at radius 3 is 2.78 bits per heavy atom. The fourth-order valence-corrected chi connectivity index (χ4v) is 0.665. The summed E-state index contributed by atoms with van der Waals surface area (Å²) in [5.41, 5.74) is -0.323. The molecule has 0 radical (unpaired) electrons. The molecule has 1 saturated heterocycles. The number of rotatable bonds is 2. The van der Waals surface area contributed by atoms with Crippen LogP contribution in [0.4, 0.5) is 0 Å². The molecule has 1 aliphatic heterocycles. The van der Waals surface area contributed by atoms with Crippen LogP contribution in [0.2, 0.25) is 0 Å². The average molecular weight is 128 g/mol. The molecular weight excluding hydrogens is 116 g/mol. The number of hydrogen-bond donors (Lipinski definition) is 1. The zero-order valence-electron chi connectivity index (χ0n) is 5.85. The Morgan fingerprint density at radius 1 is 1.89 bits per heavy atom. The first-order valence-corrected chi connectivity index (χ1v) is 3.22. The molecule has 1 heterocycles. The van der Waals surface area contributed by atoms with E-state index in [1.54, 1.807) is 6.08 Å². The van der Waals surface area contributed by atoms with Crippen LogP contribution in [-0.2, 0) is 4.74 Å². The van der Waals surface area contributed by atoms with Crippen molar-refractivity contribution in [2.24, 2.45) is 0 Å². The lowest BCUT2D eigenvalue weighted by molar-refractivity contribution is 0.261. The third kappa shape index (κ3) is 1.24. The van der Waals surface area contributed by atoms with E-state index in [0.717, 1.165) is 6.42 Å². The van der Waals surface area contributed by atoms with Gasteiger partial charge in [-0.25, -0.2) is 0 Å². The molecule has 0 aromatic carbocycles. The zero-order chi connectivity index (χ0) is 6.91. The lowest BCUT2D eigenvalue weighted by atomic mass is 10.1. The van der Waals surface area contributed by atoms with E-state index in [4.69, 9.17) is 4.74 Å². The monoisotopic (exact) mass is 128 g/mol. The molecule has 0 spiro atoms. The van der Waals surface area contributed by atoms with Gasteiger partial charge in [-0.3, -0.25) is 0 Å². The van der Waals surface area contributed by atoms with Crippen LogP contribution in [0.5, 0.6) is 0 Å². The second kappa shape index (κ2) is 2.03. The van der Waals surface area contributed by atoms with Crippen LogP contribution in [0.15, 0.2) is 11.8 Å². The summed E-state index contributed by atoms with van der Waals surface area (Å²) in [6, 6.07) is 0. The largest absolute Gasteiger partial charge is 0.509 e. The molecule has 1 fully saturated rings. The molecule has 0 amide bonds. The predicted octanol–water partition coefficient (Wildman–Crippen LogP) is 1.63. The van der Waals surface area contributed by atoms with Gasteiger partial charge in [0, 0.05) is 0 Å². The normalized spacial score (nSPS) is 34.7. The Morgan fingerprint density at radius 2 is 2.44 bits per heavy atom. The molecular formula is C7H12O2. The summed E-state index contributed by atoms with van der Waals surface area (Å²) in [5, 5.41) is 9.18. The van der Waals surface area contributed by atoms with Gasteiger partial charge in [0.1, 0.15) is 11.4 Å². The molecule has 9 heavy (non-hydrogen) atoms. The quantitative estimate of drug-likeness (QED) is 0.453. The first kappa shape index (κ1) is 6.62. The minimum absolute atomic E-state index is 0.323. The number of hydrogen-bond acceptors (Lipinski definition) is 2. The number of aliphatic hydroxyl groups excluding tert-OH is 1. The topological polar surface area (TPSA) is 32.8 Å². The van der Waals surface area contributed by atoms with Crippen molar-refractivity contribution in [2.45, 2.75) is 25.9 Å². The van der Waals surface area contributed by atoms with Crippen LogP contribution in [0.3, 0.4) is 0 Å². The molecule has 0 aromatic rings. The molecule has 1 unspecified atom stereocenters.